The average molecular weight is 390 g/mol. The molecule has 0 saturated carbocycles. The Morgan fingerprint density at radius 2 is 1.88 bits per heavy atom. The van der Waals surface area contributed by atoms with E-state index in [-0.39, 0.29) is 35.9 Å². The molecular weight excluding hydrogens is 370 g/mol. The molecule has 0 aliphatic heterocycles. The zero-order valence-corrected chi connectivity index (χ0v) is 14.9. The number of anilines is 1. The summed E-state index contributed by atoms with van der Waals surface area (Å²) in [5, 5.41) is 12.1. The van der Waals surface area contributed by atoms with Gasteiger partial charge in [0.05, 0.1) is 23.9 Å². The minimum Gasteiger partial charge on any atom is -0.396 e. The number of carbonyl (C=O) groups excluding carboxylic acids is 1. The number of aromatic nitrogens is 2. The third kappa shape index (κ3) is 4.01. The van der Waals surface area contributed by atoms with E-state index in [9.17, 15) is 4.79 Å². The molecule has 0 amide bonds. The van der Waals surface area contributed by atoms with E-state index >= 15 is 0 Å². The number of nitrogens with one attached hydrogen (secondary N) is 1. The summed E-state index contributed by atoms with van der Waals surface area (Å²) in [7, 11) is 0. The number of carbonyl (C=O) groups is 1. The van der Waals surface area contributed by atoms with Crippen LogP contribution in [0.5, 0.6) is 0 Å². The van der Waals surface area contributed by atoms with Gasteiger partial charge in [-0.05, 0) is 30.7 Å². The van der Waals surface area contributed by atoms with Crippen LogP contribution in [-0.4, -0.2) is 33.6 Å². The fourth-order valence-electron chi connectivity index (χ4n) is 2.56. The summed E-state index contributed by atoms with van der Waals surface area (Å²) in [4.78, 5) is 17.0. The number of rotatable bonds is 7. The summed E-state index contributed by atoms with van der Waals surface area (Å²) < 4.78 is 1.86. The molecule has 1 heterocycles. The standard InChI is InChI=1S/C18H19N3O2.BrH/c22-11-5-10-19-15-7-2-1-6-14(15)18(23)12-21-13-20-16-8-3-4-9-17(16)21;/h1-4,6-9,13,19,22H,5,10-12H2;1H. The Bertz CT molecular complexity index is 817. The van der Waals surface area contributed by atoms with E-state index in [1.807, 2.05) is 53.1 Å². The molecule has 2 N–H and O–H groups in total. The largest absolute Gasteiger partial charge is 0.396 e. The van der Waals surface area contributed by atoms with Crippen molar-refractivity contribution < 1.29 is 9.90 Å². The van der Waals surface area contributed by atoms with Gasteiger partial charge in [0.1, 0.15) is 0 Å². The molecule has 0 bridgehead atoms. The second-order valence-corrected chi connectivity index (χ2v) is 5.33. The monoisotopic (exact) mass is 389 g/mol. The number of para-hydroxylation sites is 3. The number of fused-ring (bicyclic) bond motifs is 1. The number of ketones is 1. The number of benzene rings is 2. The minimum absolute atomic E-state index is 0. The van der Waals surface area contributed by atoms with Crippen molar-refractivity contribution in [1.82, 2.24) is 9.55 Å². The lowest BCUT2D eigenvalue weighted by atomic mass is 10.1. The Morgan fingerprint density at radius 3 is 2.71 bits per heavy atom. The highest BCUT2D eigenvalue weighted by Crippen LogP contribution is 2.18. The van der Waals surface area contributed by atoms with E-state index in [1.165, 1.54) is 0 Å². The van der Waals surface area contributed by atoms with Crippen molar-refractivity contribution in [2.45, 2.75) is 13.0 Å². The SMILES string of the molecule is Br.O=C(Cn1cnc2ccccc21)c1ccccc1NCCCO. The average Bonchev–Trinajstić information content (AvgIpc) is 2.99. The highest BCUT2D eigenvalue weighted by Gasteiger charge is 2.13. The molecule has 126 valence electrons. The Labute approximate surface area is 151 Å². The molecule has 0 unspecified atom stereocenters. The maximum absolute atomic E-state index is 12.7. The number of aliphatic hydroxyl groups excluding tert-OH is 1. The number of hydrogen-bond acceptors (Lipinski definition) is 4. The van der Waals surface area contributed by atoms with Crippen molar-refractivity contribution in [3.05, 3.63) is 60.4 Å². The Kier molecular flexibility index (Phi) is 6.52. The van der Waals surface area contributed by atoms with Gasteiger partial charge < -0.3 is 15.0 Å². The van der Waals surface area contributed by atoms with Crippen LogP contribution in [-0.2, 0) is 6.54 Å². The molecule has 6 heteroatoms. The van der Waals surface area contributed by atoms with E-state index in [4.69, 9.17) is 5.11 Å². The maximum atomic E-state index is 12.7. The highest BCUT2D eigenvalue weighted by molar-refractivity contribution is 8.93. The molecule has 3 rings (SSSR count). The van der Waals surface area contributed by atoms with Crippen molar-refractivity contribution in [1.29, 1.82) is 0 Å². The number of hydrogen-bond donors (Lipinski definition) is 2. The maximum Gasteiger partial charge on any atom is 0.184 e. The second kappa shape index (κ2) is 8.61. The minimum atomic E-state index is 0. The van der Waals surface area contributed by atoms with Gasteiger partial charge in [-0.1, -0.05) is 24.3 Å². The zero-order valence-electron chi connectivity index (χ0n) is 13.2. The second-order valence-electron chi connectivity index (χ2n) is 5.33. The predicted octanol–water partition coefficient (Wildman–Crippen LogP) is 3.29. The lowest BCUT2D eigenvalue weighted by Gasteiger charge is -2.11. The summed E-state index contributed by atoms with van der Waals surface area (Å²) >= 11 is 0. The summed E-state index contributed by atoms with van der Waals surface area (Å²) in [6.45, 7) is 1.01. The quantitative estimate of drug-likeness (QED) is 0.480. The van der Waals surface area contributed by atoms with Crippen LogP contribution >= 0.6 is 17.0 Å². The van der Waals surface area contributed by atoms with Gasteiger partial charge in [0.2, 0.25) is 0 Å². The van der Waals surface area contributed by atoms with E-state index in [0.29, 0.717) is 18.5 Å². The first-order chi connectivity index (χ1) is 11.3. The molecule has 0 aliphatic carbocycles. The predicted molar refractivity (Wildman–Crippen MR) is 101 cm³/mol. The van der Waals surface area contributed by atoms with Crippen LogP contribution in [0.2, 0.25) is 0 Å². The molecular formula is C18H20BrN3O2. The van der Waals surface area contributed by atoms with Crippen LogP contribution in [0.3, 0.4) is 0 Å². The van der Waals surface area contributed by atoms with Crippen LogP contribution in [0.4, 0.5) is 5.69 Å². The topological polar surface area (TPSA) is 67.2 Å². The van der Waals surface area contributed by atoms with Crippen LogP contribution < -0.4 is 5.32 Å². The molecule has 0 aliphatic rings. The Hall–Kier alpha value is -2.18. The van der Waals surface area contributed by atoms with E-state index in [0.717, 1.165) is 16.7 Å². The van der Waals surface area contributed by atoms with Crippen molar-refractivity contribution >= 4 is 39.5 Å². The van der Waals surface area contributed by atoms with Gasteiger partial charge in [0, 0.05) is 24.4 Å². The van der Waals surface area contributed by atoms with Gasteiger partial charge in [-0.2, -0.15) is 0 Å². The van der Waals surface area contributed by atoms with E-state index in [2.05, 4.69) is 10.3 Å². The molecule has 0 atom stereocenters. The lowest BCUT2D eigenvalue weighted by Crippen LogP contribution is -2.13. The van der Waals surface area contributed by atoms with Crippen molar-refractivity contribution in [2.75, 3.05) is 18.5 Å². The van der Waals surface area contributed by atoms with Gasteiger partial charge >= 0.3 is 0 Å². The van der Waals surface area contributed by atoms with Gasteiger partial charge in [-0.25, -0.2) is 4.98 Å². The summed E-state index contributed by atoms with van der Waals surface area (Å²) in [5.41, 5.74) is 3.29. The van der Waals surface area contributed by atoms with Gasteiger partial charge in [0.25, 0.3) is 0 Å². The van der Waals surface area contributed by atoms with Crippen LogP contribution in [0.15, 0.2) is 54.9 Å². The molecule has 0 saturated heterocycles. The molecule has 0 spiro atoms. The smallest absolute Gasteiger partial charge is 0.184 e. The molecule has 5 nitrogen and oxygen atoms in total. The van der Waals surface area contributed by atoms with Crippen molar-refractivity contribution in [2.24, 2.45) is 0 Å². The fraction of sp³-hybridized carbons (Fsp3) is 0.222. The van der Waals surface area contributed by atoms with Crippen LogP contribution in [0.1, 0.15) is 16.8 Å². The third-order valence-corrected chi connectivity index (χ3v) is 3.72. The fourth-order valence-corrected chi connectivity index (χ4v) is 2.56. The third-order valence-electron chi connectivity index (χ3n) is 3.72. The molecule has 0 radical (unpaired) electrons. The molecule has 24 heavy (non-hydrogen) atoms. The van der Waals surface area contributed by atoms with Crippen molar-refractivity contribution in [3.63, 3.8) is 0 Å². The summed E-state index contributed by atoms with van der Waals surface area (Å²) in [6, 6.07) is 15.2. The zero-order chi connectivity index (χ0) is 16.1. The molecule has 0 fully saturated rings. The first kappa shape index (κ1) is 18.2. The van der Waals surface area contributed by atoms with Gasteiger partial charge in [0.15, 0.2) is 5.78 Å². The lowest BCUT2D eigenvalue weighted by molar-refractivity contribution is 0.0974. The number of halogens is 1. The Balaban J connectivity index is 0.00000208. The first-order valence-corrected chi connectivity index (χ1v) is 7.66. The molecule has 1 aromatic heterocycles. The summed E-state index contributed by atoms with van der Waals surface area (Å²) in [6.07, 6.45) is 2.35. The number of Topliss-reactive ketones (excluding diaryl/α,β-unsaturated/α-hetero) is 1. The first-order valence-electron chi connectivity index (χ1n) is 7.66. The van der Waals surface area contributed by atoms with Crippen LogP contribution in [0, 0.1) is 0 Å². The van der Waals surface area contributed by atoms with E-state index < -0.39 is 0 Å². The van der Waals surface area contributed by atoms with Crippen LogP contribution in [0.25, 0.3) is 11.0 Å². The number of aliphatic hydroxyl groups is 1. The van der Waals surface area contributed by atoms with Gasteiger partial charge in [-0.3, -0.25) is 4.79 Å². The summed E-state index contributed by atoms with van der Waals surface area (Å²) in [5.74, 6) is 0.0280. The Morgan fingerprint density at radius 1 is 1.12 bits per heavy atom. The van der Waals surface area contributed by atoms with E-state index in [1.54, 1.807) is 6.33 Å². The number of imidazole rings is 1. The molecule has 2 aromatic carbocycles. The number of nitrogens with zero attached hydrogens (tertiary/aromatic N) is 2. The molecule has 3 aromatic rings. The normalized spacial score (nSPS) is 10.4. The highest BCUT2D eigenvalue weighted by atomic mass is 79.9. The van der Waals surface area contributed by atoms with Crippen molar-refractivity contribution in [3.8, 4) is 0 Å². The van der Waals surface area contributed by atoms with Gasteiger partial charge in [-0.15, -0.1) is 17.0 Å².